The highest BCUT2D eigenvalue weighted by molar-refractivity contribution is 9.10. The molecule has 0 fully saturated rings. The monoisotopic (exact) mass is 297 g/mol. The Balaban J connectivity index is 2.19. The predicted octanol–water partition coefficient (Wildman–Crippen LogP) is 3.74. The van der Waals surface area contributed by atoms with Gasteiger partial charge in [-0.3, -0.25) is 4.79 Å². The van der Waals surface area contributed by atoms with E-state index in [0.717, 1.165) is 5.56 Å². The van der Waals surface area contributed by atoms with Crippen LogP contribution >= 0.6 is 15.9 Å². The SMILES string of the molecule is Cc1ccoc1C(=O)Nc1ccc(Br)c(F)c1. The molecule has 2 rings (SSSR count). The maximum atomic E-state index is 13.2. The molecule has 88 valence electrons. The molecule has 2 aromatic rings. The zero-order valence-corrected chi connectivity index (χ0v) is 10.5. The van der Waals surface area contributed by atoms with Gasteiger partial charge in [-0.15, -0.1) is 0 Å². The Kier molecular flexibility index (Phi) is 3.28. The number of nitrogens with one attached hydrogen (secondary N) is 1. The minimum atomic E-state index is -0.432. The molecule has 0 saturated heterocycles. The molecule has 3 nitrogen and oxygen atoms in total. The zero-order valence-electron chi connectivity index (χ0n) is 8.96. The number of furan rings is 1. The first-order valence-electron chi connectivity index (χ1n) is 4.88. The molecular formula is C12H9BrFNO2. The van der Waals surface area contributed by atoms with Crippen LogP contribution in [-0.2, 0) is 0 Å². The summed E-state index contributed by atoms with van der Waals surface area (Å²) < 4.78 is 18.6. The van der Waals surface area contributed by atoms with Crippen molar-refractivity contribution in [3.63, 3.8) is 0 Å². The summed E-state index contributed by atoms with van der Waals surface area (Å²) in [5.74, 6) is -0.596. The van der Waals surface area contributed by atoms with Gasteiger partial charge in [-0.2, -0.15) is 0 Å². The lowest BCUT2D eigenvalue weighted by atomic mass is 10.2. The molecule has 5 heteroatoms. The normalized spacial score (nSPS) is 10.3. The number of hydrogen-bond acceptors (Lipinski definition) is 2. The molecule has 0 aliphatic carbocycles. The first kappa shape index (κ1) is 11.9. The van der Waals surface area contributed by atoms with E-state index in [1.807, 2.05) is 0 Å². The Bertz CT molecular complexity index is 565. The Hall–Kier alpha value is -1.62. The maximum absolute atomic E-state index is 13.2. The van der Waals surface area contributed by atoms with Crippen LogP contribution in [0.5, 0.6) is 0 Å². The summed E-state index contributed by atoms with van der Waals surface area (Å²) in [5, 5.41) is 2.56. The number of hydrogen-bond donors (Lipinski definition) is 1. The second kappa shape index (κ2) is 4.71. The lowest BCUT2D eigenvalue weighted by molar-refractivity contribution is 0.0996. The molecule has 0 radical (unpaired) electrons. The van der Waals surface area contributed by atoms with E-state index in [9.17, 15) is 9.18 Å². The van der Waals surface area contributed by atoms with E-state index in [1.54, 1.807) is 19.1 Å². The summed E-state index contributed by atoms with van der Waals surface area (Å²) in [7, 11) is 0. The molecule has 0 spiro atoms. The zero-order chi connectivity index (χ0) is 12.4. The molecule has 0 bridgehead atoms. The first-order valence-corrected chi connectivity index (χ1v) is 5.67. The summed E-state index contributed by atoms with van der Waals surface area (Å²) in [5.41, 5.74) is 1.12. The molecule has 1 N–H and O–H groups in total. The topological polar surface area (TPSA) is 42.2 Å². The van der Waals surface area contributed by atoms with E-state index in [4.69, 9.17) is 4.42 Å². The summed E-state index contributed by atoms with van der Waals surface area (Å²) in [6.07, 6.45) is 1.44. The van der Waals surface area contributed by atoms with E-state index < -0.39 is 11.7 Å². The van der Waals surface area contributed by atoms with Crippen LogP contribution in [0.2, 0.25) is 0 Å². The fourth-order valence-electron chi connectivity index (χ4n) is 1.37. The summed E-state index contributed by atoms with van der Waals surface area (Å²) >= 11 is 3.04. The van der Waals surface area contributed by atoms with Gasteiger partial charge < -0.3 is 9.73 Å². The number of amides is 1. The molecule has 1 amide bonds. The van der Waals surface area contributed by atoms with Crippen molar-refractivity contribution in [1.82, 2.24) is 0 Å². The van der Waals surface area contributed by atoms with Gasteiger partial charge in [0.2, 0.25) is 0 Å². The van der Waals surface area contributed by atoms with Gasteiger partial charge >= 0.3 is 0 Å². The first-order chi connectivity index (χ1) is 8.08. The third kappa shape index (κ3) is 2.55. The average Bonchev–Trinajstić information content (AvgIpc) is 2.70. The van der Waals surface area contributed by atoms with Crippen LogP contribution in [0.1, 0.15) is 16.1 Å². The second-order valence-corrected chi connectivity index (χ2v) is 4.37. The van der Waals surface area contributed by atoms with Crippen LogP contribution in [0, 0.1) is 12.7 Å². The van der Waals surface area contributed by atoms with E-state index >= 15 is 0 Å². The molecule has 1 aromatic heterocycles. The minimum Gasteiger partial charge on any atom is -0.459 e. The number of aryl methyl sites for hydroxylation is 1. The Morgan fingerprint density at radius 3 is 2.76 bits per heavy atom. The van der Waals surface area contributed by atoms with Crippen LogP contribution in [-0.4, -0.2) is 5.91 Å². The van der Waals surface area contributed by atoms with Crippen molar-refractivity contribution in [2.75, 3.05) is 5.32 Å². The number of rotatable bonds is 2. The minimum absolute atomic E-state index is 0.230. The highest BCUT2D eigenvalue weighted by Crippen LogP contribution is 2.20. The van der Waals surface area contributed by atoms with Gasteiger partial charge in [0.15, 0.2) is 5.76 Å². The summed E-state index contributed by atoms with van der Waals surface area (Å²) in [6.45, 7) is 1.76. The van der Waals surface area contributed by atoms with E-state index in [-0.39, 0.29) is 5.76 Å². The Labute approximate surface area is 106 Å². The second-order valence-electron chi connectivity index (χ2n) is 3.52. The van der Waals surface area contributed by atoms with Crippen LogP contribution in [0.15, 0.2) is 39.4 Å². The molecule has 0 atom stereocenters. The number of carbonyl (C=O) groups excluding carboxylic acids is 1. The van der Waals surface area contributed by atoms with Crippen LogP contribution in [0.25, 0.3) is 0 Å². The molecular weight excluding hydrogens is 289 g/mol. The molecule has 1 heterocycles. The summed E-state index contributed by atoms with van der Waals surface area (Å²) in [6, 6.07) is 6.06. The number of anilines is 1. The Morgan fingerprint density at radius 1 is 1.41 bits per heavy atom. The number of benzene rings is 1. The van der Waals surface area contributed by atoms with Gasteiger partial charge in [-0.05, 0) is 47.1 Å². The fraction of sp³-hybridized carbons (Fsp3) is 0.0833. The highest BCUT2D eigenvalue weighted by atomic mass is 79.9. The molecule has 0 aliphatic heterocycles. The molecule has 0 aliphatic rings. The molecule has 0 unspecified atom stereocenters. The predicted molar refractivity (Wildman–Crippen MR) is 65.5 cm³/mol. The molecule has 17 heavy (non-hydrogen) atoms. The van der Waals surface area contributed by atoms with E-state index in [2.05, 4.69) is 21.2 Å². The van der Waals surface area contributed by atoms with E-state index in [1.165, 1.54) is 18.4 Å². The van der Waals surface area contributed by atoms with Crippen molar-refractivity contribution in [2.45, 2.75) is 6.92 Å². The van der Waals surface area contributed by atoms with E-state index in [0.29, 0.717) is 10.2 Å². The number of carbonyl (C=O) groups is 1. The fourth-order valence-corrected chi connectivity index (χ4v) is 1.61. The molecule has 0 saturated carbocycles. The smallest absolute Gasteiger partial charge is 0.291 e. The lowest BCUT2D eigenvalue weighted by Gasteiger charge is -2.04. The largest absolute Gasteiger partial charge is 0.459 e. The van der Waals surface area contributed by atoms with Crippen molar-refractivity contribution in [3.8, 4) is 0 Å². The van der Waals surface area contributed by atoms with Gasteiger partial charge in [0.25, 0.3) is 5.91 Å². The third-order valence-electron chi connectivity index (χ3n) is 2.25. The van der Waals surface area contributed by atoms with Crippen molar-refractivity contribution < 1.29 is 13.6 Å². The van der Waals surface area contributed by atoms with Crippen LogP contribution in [0.3, 0.4) is 0 Å². The van der Waals surface area contributed by atoms with Crippen molar-refractivity contribution >= 4 is 27.5 Å². The molecule has 1 aromatic carbocycles. The number of halogens is 2. The van der Waals surface area contributed by atoms with Gasteiger partial charge in [0.05, 0.1) is 10.7 Å². The standard InChI is InChI=1S/C12H9BrFNO2/c1-7-4-5-17-11(7)12(16)15-8-2-3-9(13)10(14)6-8/h2-6H,1H3,(H,15,16). The third-order valence-corrected chi connectivity index (χ3v) is 2.89. The van der Waals surface area contributed by atoms with Crippen molar-refractivity contribution in [3.05, 3.63) is 52.1 Å². The van der Waals surface area contributed by atoms with Crippen LogP contribution in [0.4, 0.5) is 10.1 Å². The van der Waals surface area contributed by atoms with Gasteiger partial charge in [0.1, 0.15) is 5.82 Å². The van der Waals surface area contributed by atoms with Crippen LogP contribution < -0.4 is 5.32 Å². The Morgan fingerprint density at radius 2 is 2.18 bits per heavy atom. The average molecular weight is 298 g/mol. The maximum Gasteiger partial charge on any atom is 0.291 e. The highest BCUT2D eigenvalue weighted by Gasteiger charge is 2.13. The van der Waals surface area contributed by atoms with Crippen molar-refractivity contribution in [1.29, 1.82) is 0 Å². The quantitative estimate of drug-likeness (QED) is 0.917. The van der Waals surface area contributed by atoms with Gasteiger partial charge in [-0.25, -0.2) is 4.39 Å². The lowest BCUT2D eigenvalue weighted by Crippen LogP contribution is -2.12. The van der Waals surface area contributed by atoms with Gasteiger partial charge in [0, 0.05) is 11.3 Å². The summed E-state index contributed by atoms with van der Waals surface area (Å²) in [4.78, 5) is 11.8. The van der Waals surface area contributed by atoms with Crippen molar-refractivity contribution in [2.24, 2.45) is 0 Å². The van der Waals surface area contributed by atoms with Gasteiger partial charge in [-0.1, -0.05) is 0 Å².